The first-order valence-corrected chi connectivity index (χ1v) is 12.2. The van der Waals surface area contributed by atoms with Gasteiger partial charge >= 0.3 is 0 Å². The summed E-state index contributed by atoms with van der Waals surface area (Å²) in [6, 6.07) is 23.8. The highest BCUT2D eigenvalue weighted by atomic mass is 16.5. The first kappa shape index (κ1) is 23.3. The lowest BCUT2D eigenvalue weighted by Gasteiger charge is -2.32. The molecule has 0 unspecified atom stereocenters. The van der Waals surface area contributed by atoms with Gasteiger partial charge in [0.15, 0.2) is 0 Å². The summed E-state index contributed by atoms with van der Waals surface area (Å²) in [7, 11) is 3.41. The smallest absolute Gasteiger partial charge is 0.132 e. The molecule has 2 atom stereocenters. The van der Waals surface area contributed by atoms with Gasteiger partial charge in [0.2, 0.25) is 0 Å². The van der Waals surface area contributed by atoms with Gasteiger partial charge < -0.3 is 19.5 Å². The zero-order chi connectivity index (χ0) is 24.5. The fourth-order valence-corrected chi connectivity index (χ4v) is 5.51. The molecule has 1 heterocycles. The zero-order valence-electron chi connectivity index (χ0n) is 21.1. The second-order valence-corrected chi connectivity index (χ2v) is 9.44. The molecule has 1 aliphatic rings. The van der Waals surface area contributed by atoms with Crippen molar-refractivity contribution in [1.82, 2.24) is 5.32 Å². The van der Waals surface area contributed by atoms with Gasteiger partial charge in [-0.1, -0.05) is 54.6 Å². The summed E-state index contributed by atoms with van der Waals surface area (Å²) in [5, 5.41) is 5.79. The minimum atomic E-state index is 0.193. The molecule has 4 aromatic rings. The fourth-order valence-electron chi connectivity index (χ4n) is 5.51. The molecule has 1 N–H and O–H groups in total. The van der Waals surface area contributed by atoms with Gasteiger partial charge in [-0.3, -0.25) is 0 Å². The maximum Gasteiger partial charge on any atom is 0.132 e. The third kappa shape index (κ3) is 4.23. The lowest BCUT2D eigenvalue weighted by Crippen LogP contribution is -2.36. The van der Waals surface area contributed by atoms with Crippen molar-refractivity contribution >= 4 is 10.8 Å². The summed E-state index contributed by atoms with van der Waals surface area (Å²) in [5.74, 6) is 2.57. The average Bonchev–Trinajstić information content (AvgIpc) is 2.87. The predicted molar refractivity (Wildman–Crippen MR) is 143 cm³/mol. The number of methoxy groups -OCH3 is 2. The van der Waals surface area contributed by atoms with Crippen LogP contribution in [0.4, 0.5) is 0 Å². The average molecular weight is 468 g/mol. The molecule has 0 radical (unpaired) electrons. The number of nitrogens with one attached hydrogen (secondary N) is 1. The Morgan fingerprint density at radius 2 is 1.66 bits per heavy atom. The van der Waals surface area contributed by atoms with Gasteiger partial charge in [-0.2, -0.15) is 0 Å². The van der Waals surface area contributed by atoms with E-state index in [1.807, 2.05) is 18.2 Å². The maximum atomic E-state index is 6.70. The van der Waals surface area contributed by atoms with E-state index < -0.39 is 0 Å². The van der Waals surface area contributed by atoms with Crippen molar-refractivity contribution in [3.63, 3.8) is 0 Å². The van der Waals surface area contributed by atoms with Crippen LogP contribution in [0.15, 0.2) is 66.7 Å². The highest BCUT2D eigenvalue weighted by Crippen LogP contribution is 2.47. The molecule has 4 aromatic carbocycles. The second kappa shape index (κ2) is 9.63. The number of hydrogen-bond acceptors (Lipinski definition) is 4. The number of ether oxygens (including phenoxy) is 3. The van der Waals surface area contributed by atoms with Crippen LogP contribution in [0.3, 0.4) is 0 Å². The Balaban J connectivity index is 1.76. The Morgan fingerprint density at radius 1 is 0.886 bits per heavy atom. The van der Waals surface area contributed by atoms with Gasteiger partial charge in [0, 0.05) is 23.2 Å². The van der Waals surface area contributed by atoms with Crippen LogP contribution in [0.1, 0.15) is 42.1 Å². The Morgan fingerprint density at radius 3 is 2.40 bits per heavy atom. The topological polar surface area (TPSA) is 39.7 Å². The molecular formula is C31H33NO3. The van der Waals surface area contributed by atoms with Crippen LogP contribution in [0, 0.1) is 6.92 Å². The van der Waals surface area contributed by atoms with Crippen molar-refractivity contribution < 1.29 is 14.2 Å². The molecule has 5 rings (SSSR count). The third-order valence-electron chi connectivity index (χ3n) is 7.00. The van der Waals surface area contributed by atoms with E-state index in [4.69, 9.17) is 14.2 Å². The van der Waals surface area contributed by atoms with Crippen molar-refractivity contribution in [2.75, 3.05) is 14.2 Å². The maximum absolute atomic E-state index is 6.70. The van der Waals surface area contributed by atoms with Crippen LogP contribution in [0.5, 0.6) is 17.2 Å². The summed E-state index contributed by atoms with van der Waals surface area (Å²) < 4.78 is 18.2. The zero-order valence-corrected chi connectivity index (χ0v) is 21.1. The van der Waals surface area contributed by atoms with Crippen molar-refractivity contribution in [3.8, 4) is 28.4 Å². The van der Waals surface area contributed by atoms with Crippen molar-refractivity contribution in [1.29, 1.82) is 0 Å². The summed E-state index contributed by atoms with van der Waals surface area (Å²) in [4.78, 5) is 0. The van der Waals surface area contributed by atoms with E-state index in [0.717, 1.165) is 56.7 Å². The summed E-state index contributed by atoms with van der Waals surface area (Å²) in [6.45, 7) is 7.13. The van der Waals surface area contributed by atoms with Crippen LogP contribution in [-0.2, 0) is 13.0 Å². The largest absolute Gasteiger partial charge is 0.496 e. The van der Waals surface area contributed by atoms with Gasteiger partial charge in [-0.25, -0.2) is 0 Å². The third-order valence-corrected chi connectivity index (χ3v) is 7.00. The number of benzene rings is 4. The molecular weight excluding hydrogens is 434 g/mol. The SMILES string of the molecule is COc1cccc2c(-c3ccc4c(c3OCc3ccccc3)[C@@H](C)N[C@H](C)C4)c(C)cc(OC)c12. The van der Waals surface area contributed by atoms with Gasteiger partial charge in [-0.05, 0) is 67.0 Å². The van der Waals surface area contributed by atoms with E-state index in [1.54, 1.807) is 14.2 Å². The predicted octanol–water partition coefficient (Wildman–Crippen LogP) is 7.01. The molecule has 0 aromatic heterocycles. The van der Waals surface area contributed by atoms with E-state index in [0.29, 0.717) is 12.6 Å². The van der Waals surface area contributed by atoms with Gasteiger partial charge in [0.25, 0.3) is 0 Å². The van der Waals surface area contributed by atoms with Crippen LogP contribution in [-0.4, -0.2) is 20.3 Å². The standard InChI is InChI=1S/C31H33NO3/c1-19-16-27(34-5)30-24(12-9-13-26(30)33-4)28(19)25-15-14-23-17-20(2)32-21(3)29(23)31(25)35-18-22-10-7-6-8-11-22/h6-16,20-21,32H,17-18H2,1-5H3/t20-,21-/m1/s1. The quantitative estimate of drug-likeness (QED) is 0.331. The summed E-state index contributed by atoms with van der Waals surface area (Å²) in [5.41, 5.74) is 7.14. The molecule has 0 saturated carbocycles. The highest BCUT2D eigenvalue weighted by molar-refractivity contribution is 6.05. The normalized spacial score (nSPS) is 17.2. The van der Waals surface area contributed by atoms with E-state index in [9.17, 15) is 0 Å². The highest BCUT2D eigenvalue weighted by Gasteiger charge is 2.28. The summed E-state index contributed by atoms with van der Waals surface area (Å²) in [6.07, 6.45) is 0.984. The van der Waals surface area contributed by atoms with Gasteiger partial charge in [0.05, 0.1) is 19.6 Å². The Labute approximate surface area is 207 Å². The molecule has 0 aliphatic carbocycles. The van der Waals surface area contributed by atoms with Crippen molar-refractivity contribution in [2.45, 2.75) is 45.9 Å². The minimum absolute atomic E-state index is 0.193. The van der Waals surface area contributed by atoms with Crippen LogP contribution >= 0.6 is 0 Å². The molecule has 0 bridgehead atoms. The molecule has 1 aliphatic heterocycles. The molecule has 4 nitrogen and oxygen atoms in total. The van der Waals surface area contributed by atoms with Crippen molar-refractivity contribution in [2.24, 2.45) is 0 Å². The minimum Gasteiger partial charge on any atom is -0.496 e. The Kier molecular flexibility index (Phi) is 6.40. The van der Waals surface area contributed by atoms with Crippen LogP contribution in [0.2, 0.25) is 0 Å². The lowest BCUT2D eigenvalue weighted by molar-refractivity contribution is 0.296. The van der Waals surface area contributed by atoms with Crippen molar-refractivity contribution in [3.05, 3.63) is 89.0 Å². The number of fused-ring (bicyclic) bond motifs is 2. The lowest BCUT2D eigenvalue weighted by atomic mass is 9.85. The molecule has 0 fully saturated rings. The first-order valence-electron chi connectivity index (χ1n) is 12.2. The molecule has 0 spiro atoms. The Hall–Kier alpha value is -3.50. The number of aryl methyl sites for hydroxylation is 1. The monoisotopic (exact) mass is 467 g/mol. The molecule has 4 heteroatoms. The molecule has 180 valence electrons. The summed E-state index contributed by atoms with van der Waals surface area (Å²) >= 11 is 0. The molecule has 0 amide bonds. The van der Waals surface area contributed by atoms with Gasteiger partial charge in [-0.15, -0.1) is 0 Å². The van der Waals surface area contributed by atoms with E-state index >= 15 is 0 Å². The fraction of sp³-hybridized carbons (Fsp3) is 0.290. The van der Waals surface area contributed by atoms with E-state index in [2.05, 4.69) is 74.6 Å². The Bertz CT molecular complexity index is 1360. The molecule has 35 heavy (non-hydrogen) atoms. The molecule has 0 saturated heterocycles. The van der Waals surface area contributed by atoms with Gasteiger partial charge in [0.1, 0.15) is 23.9 Å². The number of hydrogen-bond donors (Lipinski definition) is 1. The van der Waals surface area contributed by atoms with Crippen LogP contribution < -0.4 is 19.5 Å². The van der Waals surface area contributed by atoms with E-state index in [-0.39, 0.29) is 6.04 Å². The van der Waals surface area contributed by atoms with Crippen LogP contribution in [0.25, 0.3) is 21.9 Å². The first-order chi connectivity index (χ1) is 17.0. The number of rotatable bonds is 6. The van der Waals surface area contributed by atoms with E-state index in [1.165, 1.54) is 11.1 Å². The second-order valence-electron chi connectivity index (χ2n) is 9.44.